The summed E-state index contributed by atoms with van der Waals surface area (Å²) in [5.74, 6) is 3.08. The first-order valence-electron chi connectivity index (χ1n) is 7.19. The van der Waals surface area contributed by atoms with Gasteiger partial charge < -0.3 is 10.5 Å². The zero-order valence-electron chi connectivity index (χ0n) is 12.4. The molecule has 0 aromatic rings. The van der Waals surface area contributed by atoms with Gasteiger partial charge in [-0.1, -0.05) is 20.8 Å². The maximum atomic E-state index is 6.18. The van der Waals surface area contributed by atoms with Gasteiger partial charge in [0.25, 0.3) is 0 Å². The number of nitrogens with zero attached hydrogens (tertiary/aromatic N) is 1. The van der Waals surface area contributed by atoms with Crippen LogP contribution in [-0.2, 0) is 4.74 Å². The van der Waals surface area contributed by atoms with Gasteiger partial charge in [-0.05, 0) is 24.5 Å². The standard InChI is InChI=1S/C14H30N2OS/c1-5-13(6-2)16(7-8-17-4)14(10-15)11-18-9-12(14)3/h12-13H,5-11,15H2,1-4H3. The first-order valence-corrected chi connectivity index (χ1v) is 8.35. The Morgan fingerprint density at radius 2 is 2.11 bits per heavy atom. The summed E-state index contributed by atoms with van der Waals surface area (Å²) < 4.78 is 5.31. The Morgan fingerprint density at radius 1 is 1.44 bits per heavy atom. The van der Waals surface area contributed by atoms with Gasteiger partial charge in [0, 0.05) is 37.5 Å². The predicted molar refractivity (Wildman–Crippen MR) is 81.2 cm³/mol. The summed E-state index contributed by atoms with van der Waals surface area (Å²) in [6.07, 6.45) is 2.39. The Balaban J connectivity index is 2.91. The molecule has 0 aromatic carbocycles. The molecule has 0 spiro atoms. The lowest BCUT2D eigenvalue weighted by atomic mass is 9.84. The number of methoxy groups -OCH3 is 1. The minimum Gasteiger partial charge on any atom is -0.383 e. The van der Waals surface area contributed by atoms with Crippen LogP contribution in [0.5, 0.6) is 0 Å². The average Bonchev–Trinajstić information content (AvgIpc) is 2.76. The molecule has 1 aliphatic rings. The number of thioether (sulfide) groups is 1. The van der Waals surface area contributed by atoms with Crippen LogP contribution < -0.4 is 5.73 Å². The van der Waals surface area contributed by atoms with Crippen molar-refractivity contribution in [2.24, 2.45) is 11.7 Å². The summed E-state index contributed by atoms with van der Waals surface area (Å²) in [6.45, 7) is 9.49. The fourth-order valence-corrected chi connectivity index (χ4v) is 4.84. The van der Waals surface area contributed by atoms with E-state index in [1.54, 1.807) is 7.11 Å². The smallest absolute Gasteiger partial charge is 0.0590 e. The number of nitrogens with two attached hydrogens (primary N) is 1. The number of ether oxygens (including phenoxy) is 1. The van der Waals surface area contributed by atoms with Gasteiger partial charge in [0.05, 0.1) is 6.61 Å². The molecule has 1 aliphatic heterocycles. The van der Waals surface area contributed by atoms with Gasteiger partial charge in [-0.25, -0.2) is 0 Å². The third kappa shape index (κ3) is 3.21. The van der Waals surface area contributed by atoms with Crippen molar-refractivity contribution in [3.05, 3.63) is 0 Å². The quantitative estimate of drug-likeness (QED) is 0.736. The Hall–Kier alpha value is 0.230. The van der Waals surface area contributed by atoms with Crippen molar-refractivity contribution >= 4 is 11.8 Å². The van der Waals surface area contributed by atoms with E-state index in [1.165, 1.54) is 24.3 Å². The lowest BCUT2D eigenvalue weighted by Gasteiger charge is -2.47. The zero-order valence-corrected chi connectivity index (χ0v) is 13.3. The van der Waals surface area contributed by atoms with Crippen LogP contribution in [-0.4, -0.2) is 54.8 Å². The van der Waals surface area contributed by atoms with Crippen LogP contribution in [0, 0.1) is 5.92 Å². The SMILES string of the molecule is CCC(CC)N(CCOC)C1(CN)CSCC1C. The molecule has 2 unspecified atom stereocenters. The monoisotopic (exact) mass is 274 g/mol. The fourth-order valence-electron chi connectivity index (χ4n) is 3.14. The summed E-state index contributed by atoms with van der Waals surface area (Å²) in [5.41, 5.74) is 6.36. The molecule has 1 heterocycles. The summed E-state index contributed by atoms with van der Waals surface area (Å²) in [4.78, 5) is 2.65. The normalized spacial score (nSPS) is 28.5. The van der Waals surface area contributed by atoms with Crippen molar-refractivity contribution in [2.75, 3.05) is 38.3 Å². The summed E-state index contributed by atoms with van der Waals surface area (Å²) in [7, 11) is 1.78. The summed E-state index contributed by atoms with van der Waals surface area (Å²) >= 11 is 2.05. The molecule has 2 N–H and O–H groups in total. The molecule has 0 aliphatic carbocycles. The van der Waals surface area contributed by atoms with Gasteiger partial charge in [-0.3, -0.25) is 4.90 Å². The van der Waals surface area contributed by atoms with E-state index >= 15 is 0 Å². The van der Waals surface area contributed by atoms with Gasteiger partial charge in [-0.2, -0.15) is 11.8 Å². The van der Waals surface area contributed by atoms with Crippen molar-refractivity contribution < 1.29 is 4.74 Å². The molecule has 108 valence electrons. The summed E-state index contributed by atoms with van der Waals surface area (Å²) in [6, 6.07) is 0.629. The molecule has 18 heavy (non-hydrogen) atoms. The third-order valence-electron chi connectivity index (χ3n) is 4.48. The van der Waals surface area contributed by atoms with E-state index in [4.69, 9.17) is 10.5 Å². The third-order valence-corrected chi connectivity index (χ3v) is 5.92. The Labute approximate surface area is 117 Å². The van der Waals surface area contributed by atoms with E-state index in [0.29, 0.717) is 12.0 Å². The molecule has 0 bridgehead atoms. The van der Waals surface area contributed by atoms with Gasteiger partial charge in [0.15, 0.2) is 0 Å². The molecular formula is C14H30N2OS. The molecule has 4 heteroatoms. The molecule has 0 amide bonds. The molecule has 1 fully saturated rings. The highest BCUT2D eigenvalue weighted by molar-refractivity contribution is 7.99. The highest BCUT2D eigenvalue weighted by Crippen LogP contribution is 2.39. The second-order valence-electron chi connectivity index (χ2n) is 5.38. The maximum Gasteiger partial charge on any atom is 0.0590 e. The van der Waals surface area contributed by atoms with Gasteiger partial charge in [0.1, 0.15) is 0 Å². The first-order chi connectivity index (χ1) is 8.66. The highest BCUT2D eigenvalue weighted by atomic mass is 32.2. The lowest BCUT2D eigenvalue weighted by molar-refractivity contribution is 0.0114. The molecule has 1 rings (SSSR count). The van der Waals surface area contributed by atoms with E-state index in [2.05, 4.69) is 37.4 Å². The molecule has 0 radical (unpaired) electrons. The van der Waals surface area contributed by atoms with Crippen molar-refractivity contribution in [2.45, 2.75) is 45.2 Å². The minimum atomic E-state index is 0.180. The second-order valence-corrected chi connectivity index (χ2v) is 6.41. The number of rotatable bonds is 8. The van der Waals surface area contributed by atoms with Crippen LogP contribution >= 0.6 is 11.8 Å². The highest BCUT2D eigenvalue weighted by Gasteiger charge is 2.46. The van der Waals surface area contributed by atoms with Gasteiger partial charge in [-0.15, -0.1) is 0 Å². The van der Waals surface area contributed by atoms with Crippen LogP contribution in [0.25, 0.3) is 0 Å². The molecule has 1 saturated heterocycles. The molecule has 0 saturated carbocycles. The number of hydrogen-bond acceptors (Lipinski definition) is 4. The minimum absolute atomic E-state index is 0.180. The zero-order chi connectivity index (χ0) is 13.6. The van der Waals surface area contributed by atoms with E-state index in [1.807, 2.05) is 0 Å². The maximum absolute atomic E-state index is 6.18. The van der Waals surface area contributed by atoms with E-state index in [0.717, 1.165) is 19.7 Å². The predicted octanol–water partition coefficient (Wildman–Crippen LogP) is 2.20. The second kappa shape index (κ2) is 7.73. The largest absolute Gasteiger partial charge is 0.383 e. The van der Waals surface area contributed by atoms with Crippen LogP contribution in [0.2, 0.25) is 0 Å². The van der Waals surface area contributed by atoms with Crippen LogP contribution in [0.1, 0.15) is 33.6 Å². The van der Waals surface area contributed by atoms with Crippen LogP contribution in [0.3, 0.4) is 0 Å². The molecule has 0 aromatic heterocycles. The van der Waals surface area contributed by atoms with Gasteiger partial charge in [0.2, 0.25) is 0 Å². The summed E-state index contributed by atoms with van der Waals surface area (Å²) in [5, 5.41) is 0. The number of hydrogen-bond donors (Lipinski definition) is 1. The Morgan fingerprint density at radius 3 is 2.50 bits per heavy atom. The van der Waals surface area contributed by atoms with Crippen LogP contribution in [0.15, 0.2) is 0 Å². The Bertz CT molecular complexity index is 236. The van der Waals surface area contributed by atoms with Crippen molar-refractivity contribution in [1.29, 1.82) is 0 Å². The van der Waals surface area contributed by atoms with Gasteiger partial charge >= 0.3 is 0 Å². The van der Waals surface area contributed by atoms with Crippen molar-refractivity contribution in [3.63, 3.8) is 0 Å². The van der Waals surface area contributed by atoms with Crippen LogP contribution in [0.4, 0.5) is 0 Å². The average molecular weight is 274 g/mol. The van der Waals surface area contributed by atoms with E-state index in [9.17, 15) is 0 Å². The first kappa shape index (κ1) is 16.3. The molecular weight excluding hydrogens is 244 g/mol. The van der Waals surface area contributed by atoms with E-state index < -0.39 is 0 Å². The van der Waals surface area contributed by atoms with E-state index in [-0.39, 0.29) is 5.54 Å². The molecule has 2 atom stereocenters. The Kier molecular flexibility index (Phi) is 6.99. The van der Waals surface area contributed by atoms with Crippen molar-refractivity contribution in [1.82, 2.24) is 4.90 Å². The lowest BCUT2D eigenvalue weighted by Crippen LogP contribution is -2.62. The molecule has 3 nitrogen and oxygen atoms in total. The van der Waals surface area contributed by atoms with Crippen molar-refractivity contribution in [3.8, 4) is 0 Å². The topological polar surface area (TPSA) is 38.5 Å². The fraction of sp³-hybridized carbons (Fsp3) is 1.00.